The van der Waals surface area contributed by atoms with E-state index >= 15 is 0 Å². The van der Waals surface area contributed by atoms with E-state index in [-0.39, 0.29) is 5.75 Å². The highest BCUT2D eigenvalue weighted by molar-refractivity contribution is 7.91. The molecular weight excluding hydrogens is 280 g/mol. The minimum Gasteiger partial charge on any atom is -0.224 e. The van der Waals surface area contributed by atoms with Crippen LogP contribution in [-0.2, 0) is 22.7 Å². The summed E-state index contributed by atoms with van der Waals surface area (Å²) >= 11 is 0. The third kappa shape index (κ3) is 4.71. The summed E-state index contributed by atoms with van der Waals surface area (Å²) in [5.41, 5.74) is 2.58. The molecule has 0 atom stereocenters. The molecule has 112 valence electrons. The molecule has 0 unspecified atom stereocenters. The van der Waals surface area contributed by atoms with Gasteiger partial charge in [0, 0.05) is 0 Å². The molecule has 0 aliphatic heterocycles. The number of sulfone groups is 1. The van der Waals surface area contributed by atoms with E-state index in [9.17, 15) is 8.42 Å². The Hall–Kier alpha value is -1.61. The summed E-state index contributed by atoms with van der Waals surface area (Å²) in [5, 5.41) is 0. The molecule has 2 nitrogen and oxygen atoms in total. The fourth-order valence-corrected chi connectivity index (χ4v) is 3.22. The zero-order valence-electron chi connectivity index (χ0n) is 12.5. The number of aryl methyl sites for hydroxylation is 2. The van der Waals surface area contributed by atoms with Crippen LogP contribution in [0.1, 0.15) is 30.9 Å². The third-order valence-corrected chi connectivity index (χ3v) is 5.44. The van der Waals surface area contributed by atoms with Crippen LogP contribution in [0.15, 0.2) is 59.5 Å². The molecule has 2 rings (SSSR count). The van der Waals surface area contributed by atoms with Crippen molar-refractivity contribution in [2.75, 3.05) is 5.75 Å². The first-order valence-electron chi connectivity index (χ1n) is 7.47. The van der Waals surface area contributed by atoms with Crippen LogP contribution in [0.3, 0.4) is 0 Å². The monoisotopic (exact) mass is 302 g/mol. The van der Waals surface area contributed by atoms with Gasteiger partial charge < -0.3 is 0 Å². The lowest BCUT2D eigenvalue weighted by Crippen LogP contribution is -2.03. The topological polar surface area (TPSA) is 34.1 Å². The second-order valence-corrected chi connectivity index (χ2v) is 7.52. The largest absolute Gasteiger partial charge is 0.224 e. The van der Waals surface area contributed by atoms with Crippen molar-refractivity contribution in [2.45, 2.75) is 37.5 Å². The molecule has 2 aromatic rings. The van der Waals surface area contributed by atoms with Crippen molar-refractivity contribution < 1.29 is 8.42 Å². The number of benzene rings is 2. The molecule has 0 radical (unpaired) electrons. The van der Waals surface area contributed by atoms with E-state index in [0.717, 1.165) is 25.7 Å². The van der Waals surface area contributed by atoms with Crippen LogP contribution in [0.4, 0.5) is 0 Å². The van der Waals surface area contributed by atoms with Crippen LogP contribution in [0.2, 0.25) is 0 Å². The van der Waals surface area contributed by atoms with Crippen LogP contribution >= 0.6 is 0 Å². The summed E-state index contributed by atoms with van der Waals surface area (Å²) < 4.78 is 23.5. The van der Waals surface area contributed by atoms with Crippen LogP contribution in [0.5, 0.6) is 0 Å². The fraction of sp³-hybridized carbons (Fsp3) is 0.333. The quantitative estimate of drug-likeness (QED) is 0.723. The van der Waals surface area contributed by atoms with Crippen molar-refractivity contribution in [3.63, 3.8) is 0 Å². The molecular formula is C18H22O2S. The summed E-state index contributed by atoms with van der Waals surface area (Å²) in [6.45, 7) is 1.67. The van der Waals surface area contributed by atoms with Gasteiger partial charge in [0.1, 0.15) is 0 Å². The van der Waals surface area contributed by atoms with E-state index in [1.165, 1.54) is 11.1 Å². The van der Waals surface area contributed by atoms with E-state index in [2.05, 4.69) is 24.3 Å². The van der Waals surface area contributed by atoms with Crippen LogP contribution in [0.25, 0.3) is 0 Å². The molecule has 21 heavy (non-hydrogen) atoms. The molecule has 0 aliphatic carbocycles. The van der Waals surface area contributed by atoms with Gasteiger partial charge >= 0.3 is 0 Å². The molecule has 0 N–H and O–H groups in total. The van der Waals surface area contributed by atoms with Crippen LogP contribution in [-0.4, -0.2) is 14.2 Å². The van der Waals surface area contributed by atoms with Gasteiger partial charge in [0.25, 0.3) is 0 Å². The molecule has 2 aromatic carbocycles. The summed E-state index contributed by atoms with van der Waals surface area (Å²) in [6.07, 6.45) is 4.37. The highest BCUT2D eigenvalue weighted by atomic mass is 32.2. The van der Waals surface area contributed by atoms with Gasteiger partial charge in [-0.25, -0.2) is 8.42 Å². The van der Waals surface area contributed by atoms with Crippen LogP contribution < -0.4 is 0 Å². The highest BCUT2D eigenvalue weighted by Gasteiger charge is 2.10. The van der Waals surface area contributed by atoms with Crippen molar-refractivity contribution in [1.82, 2.24) is 0 Å². The van der Waals surface area contributed by atoms with E-state index in [1.54, 1.807) is 19.1 Å². The van der Waals surface area contributed by atoms with E-state index < -0.39 is 9.84 Å². The summed E-state index contributed by atoms with van der Waals surface area (Å²) in [7, 11) is -3.08. The SMILES string of the molecule is CCS(=O)(=O)c1ccc(CCCCc2ccccc2)cc1. The van der Waals surface area contributed by atoms with Gasteiger partial charge in [0.2, 0.25) is 0 Å². The van der Waals surface area contributed by atoms with Gasteiger partial charge in [-0.15, -0.1) is 0 Å². The molecule has 0 saturated carbocycles. The Morgan fingerprint density at radius 3 is 1.81 bits per heavy atom. The molecule has 0 amide bonds. The molecule has 0 saturated heterocycles. The van der Waals surface area contributed by atoms with E-state index in [1.807, 2.05) is 18.2 Å². The van der Waals surface area contributed by atoms with Gasteiger partial charge in [-0.05, 0) is 48.9 Å². The maximum Gasteiger partial charge on any atom is 0.178 e. The Morgan fingerprint density at radius 2 is 1.29 bits per heavy atom. The molecule has 0 bridgehead atoms. The van der Waals surface area contributed by atoms with Crippen molar-refractivity contribution in [2.24, 2.45) is 0 Å². The van der Waals surface area contributed by atoms with Crippen molar-refractivity contribution >= 4 is 9.84 Å². The Kier molecular flexibility index (Phi) is 5.57. The lowest BCUT2D eigenvalue weighted by molar-refractivity contribution is 0.597. The smallest absolute Gasteiger partial charge is 0.178 e. The van der Waals surface area contributed by atoms with E-state index in [4.69, 9.17) is 0 Å². The van der Waals surface area contributed by atoms with Crippen molar-refractivity contribution in [3.05, 3.63) is 65.7 Å². The first-order valence-corrected chi connectivity index (χ1v) is 9.12. The van der Waals surface area contributed by atoms with Crippen LogP contribution in [0, 0.1) is 0 Å². The maximum atomic E-state index is 11.7. The van der Waals surface area contributed by atoms with E-state index in [0.29, 0.717) is 4.90 Å². The zero-order valence-corrected chi connectivity index (χ0v) is 13.3. The molecule has 0 aromatic heterocycles. The molecule has 0 aliphatic rings. The number of rotatable bonds is 7. The Balaban J connectivity index is 1.82. The number of hydrogen-bond acceptors (Lipinski definition) is 2. The molecule has 3 heteroatoms. The fourth-order valence-electron chi connectivity index (χ4n) is 2.33. The molecule has 0 spiro atoms. The second-order valence-electron chi connectivity index (χ2n) is 5.24. The number of unbranched alkanes of at least 4 members (excludes halogenated alkanes) is 1. The maximum absolute atomic E-state index is 11.7. The van der Waals surface area contributed by atoms with Gasteiger partial charge in [0.05, 0.1) is 10.6 Å². The summed E-state index contributed by atoms with van der Waals surface area (Å²) in [5.74, 6) is 0.156. The van der Waals surface area contributed by atoms with Gasteiger partial charge in [-0.1, -0.05) is 49.4 Å². The highest BCUT2D eigenvalue weighted by Crippen LogP contribution is 2.14. The summed E-state index contributed by atoms with van der Waals surface area (Å²) in [4.78, 5) is 0.429. The first-order chi connectivity index (χ1) is 10.1. The zero-order chi connectivity index (χ0) is 15.1. The molecule has 0 fully saturated rings. The second kappa shape index (κ2) is 7.41. The van der Waals surface area contributed by atoms with Crippen molar-refractivity contribution in [3.8, 4) is 0 Å². The first kappa shape index (κ1) is 15.8. The minimum absolute atomic E-state index is 0.156. The minimum atomic E-state index is -3.08. The Bertz CT molecular complexity index is 643. The Morgan fingerprint density at radius 1 is 0.762 bits per heavy atom. The third-order valence-electron chi connectivity index (χ3n) is 3.69. The normalized spacial score (nSPS) is 11.5. The predicted octanol–water partition coefficient (Wildman–Crippen LogP) is 4.05. The van der Waals surface area contributed by atoms with Gasteiger partial charge in [-0.3, -0.25) is 0 Å². The predicted molar refractivity (Wildman–Crippen MR) is 87.3 cm³/mol. The van der Waals surface area contributed by atoms with Crippen molar-refractivity contribution in [1.29, 1.82) is 0 Å². The van der Waals surface area contributed by atoms with Gasteiger partial charge in [-0.2, -0.15) is 0 Å². The lowest BCUT2D eigenvalue weighted by Gasteiger charge is -2.05. The molecule has 0 heterocycles. The average molecular weight is 302 g/mol. The summed E-state index contributed by atoms with van der Waals surface area (Å²) in [6, 6.07) is 17.8. The standard InChI is InChI=1S/C18H22O2S/c1-2-21(19,20)18-14-12-17(13-15-18)11-7-6-10-16-8-4-3-5-9-16/h3-5,8-9,12-15H,2,6-7,10-11H2,1H3. The average Bonchev–Trinajstić information content (AvgIpc) is 2.53. The Labute approximate surface area is 127 Å². The lowest BCUT2D eigenvalue weighted by atomic mass is 10.0. The number of hydrogen-bond donors (Lipinski definition) is 0. The van der Waals surface area contributed by atoms with Gasteiger partial charge in [0.15, 0.2) is 9.84 Å².